The molecule has 1 aliphatic rings. The molecule has 31 heavy (non-hydrogen) atoms. The molecule has 3 rings (SSSR count). The van der Waals surface area contributed by atoms with E-state index in [4.69, 9.17) is 9.47 Å². The highest BCUT2D eigenvalue weighted by Crippen LogP contribution is 2.33. The molecule has 7 heteroatoms. The summed E-state index contributed by atoms with van der Waals surface area (Å²) in [4.78, 5) is 38.6. The van der Waals surface area contributed by atoms with E-state index >= 15 is 0 Å². The van der Waals surface area contributed by atoms with Crippen LogP contribution >= 0.6 is 0 Å². The molecule has 2 aromatic carbocycles. The summed E-state index contributed by atoms with van der Waals surface area (Å²) in [5.41, 5.74) is 2.38. The van der Waals surface area contributed by atoms with Gasteiger partial charge in [-0.1, -0.05) is 24.3 Å². The van der Waals surface area contributed by atoms with Gasteiger partial charge in [0.2, 0.25) is 5.91 Å². The van der Waals surface area contributed by atoms with E-state index in [1.807, 2.05) is 37.3 Å². The number of carbonyl (C=O) groups is 3. The standard InChI is InChI=1S/C24H26N2O5/c1-4-30-20-11-9-19(10-12-20)25-24(29)16(2)31-23(28)15-22-21-8-6-5-7-18(21)13-14-26(22)17(3)27/h5-14,16,22H,4,15H2,1-3H3,(H,25,29)/t16-,22+/m1/s1. The summed E-state index contributed by atoms with van der Waals surface area (Å²) >= 11 is 0. The molecular weight excluding hydrogens is 396 g/mol. The van der Waals surface area contributed by atoms with Crippen LogP contribution in [0.3, 0.4) is 0 Å². The maximum absolute atomic E-state index is 12.6. The fourth-order valence-corrected chi connectivity index (χ4v) is 3.41. The van der Waals surface area contributed by atoms with Crippen molar-refractivity contribution in [2.24, 2.45) is 0 Å². The average molecular weight is 422 g/mol. The van der Waals surface area contributed by atoms with E-state index in [1.54, 1.807) is 30.5 Å². The van der Waals surface area contributed by atoms with Crippen molar-refractivity contribution >= 4 is 29.5 Å². The van der Waals surface area contributed by atoms with Crippen LogP contribution in [0.1, 0.15) is 44.4 Å². The van der Waals surface area contributed by atoms with Crippen LogP contribution in [-0.2, 0) is 19.1 Å². The summed E-state index contributed by atoms with van der Waals surface area (Å²) in [6, 6.07) is 14.0. The Labute approximate surface area is 181 Å². The molecule has 0 bridgehead atoms. The first kappa shape index (κ1) is 22.1. The normalized spacial score (nSPS) is 15.6. The number of amides is 2. The zero-order valence-electron chi connectivity index (χ0n) is 17.8. The molecule has 2 aromatic rings. The van der Waals surface area contributed by atoms with Gasteiger partial charge in [-0.25, -0.2) is 0 Å². The zero-order valence-corrected chi connectivity index (χ0v) is 17.8. The number of rotatable bonds is 7. The highest BCUT2D eigenvalue weighted by Gasteiger charge is 2.30. The van der Waals surface area contributed by atoms with Crippen LogP contribution in [-0.4, -0.2) is 35.4 Å². The third-order valence-electron chi connectivity index (χ3n) is 4.94. The van der Waals surface area contributed by atoms with Crippen molar-refractivity contribution in [3.05, 3.63) is 65.9 Å². The van der Waals surface area contributed by atoms with Crippen molar-refractivity contribution in [2.45, 2.75) is 39.3 Å². The van der Waals surface area contributed by atoms with Crippen LogP contribution in [0.4, 0.5) is 5.69 Å². The maximum Gasteiger partial charge on any atom is 0.309 e. The molecule has 1 aliphatic heterocycles. The molecule has 7 nitrogen and oxygen atoms in total. The number of nitrogens with one attached hydrogen (secondary N) is 1. The zero-order chi connectivity index (χ0) is 22.4. The Balaban J connectivity index is 1.61. The number of esters is 1. The van der Waals surface area contributed by atoms with Gasteiger partial charge < -0.3 is 19.7 Å². The highest BCUT2D eigenvalue weighted by atomic mass is 16.5. The number of hydrogen-bond acceptors (Lipinski definition) is 5. The van der Waals surface area contributed by atoms with Crippen molar-refractivity contribution in [3.63, 3.8) is 0 Å². The Morgan fingerprint density at radius 2 is 1.81 bits per heavy atom. The van der Waals surface area contributed by atoms with Crippen molar-refractivity contribution in [1.29, 1.82) is 0 Å². The molecule has 2 atom stereocenters. The maximum atomic E-state index is 12.6. The third-order valence-corrected chi connectivity index (χ3v) is 4.94. The van der Waals surface area contributed by atoms with E-state index in [1.165, 1.54) is 18.7 Å². The van der Waals surface area contributed by atoms with Crippen molar-refractivity contribution in [1.82, 2.24) is 4.90 Å². The number of hydrogen-bond donors (Lipinski definition) is 1. The van der Waals surface area contributed by atoms with E-state index in [0.29, 0.717) is 18.0 Å². The molecule has 2 amide bonds. The fraction of sp³-hybridized carbons (Fsp3) is 0.292. The lowest BCUT2D eigenvalue weighted by Crippen LogP contribution is -2.34. The number of nitrogens with zero attached hydrogens (tertiary/aromatic N) is 1. The molecule has 1 N–H and O–H groups in total. The summed E-state index contributed by atoms with van der Waals surface area (Å²) in [6.07, 6.45) is 2.47. The molecule has 162 valence electrons. The predicted molar refractivity (Wildman–Crippen MR) is 117 cm³/mol. The minimum absolute atomic E-state index is 0.0540. The van der Waals surface area contributed by atoms with Gasteiger partial charge in [-0.3, -0.25) is 14.4 Å². The van der Waals surface area contributed by atoms with Crippen LogP contribution in [0.5, 0.6) is 5.75 Å². The molecule has 0 aromatic heterocycles. The van der Waals surface area contributed by atoms with E-state index in [9.17, 15) is 14.4 Å². The van der Waals surface area contributed by atoms with Crippen LogP contribution in [0.2, 0.25) is 0 Å². The monoisotopic (exact) mass is 422 g/mol. The number of ether oxygens (including phenoxy) is 2. The number of benzene rings is 2. The summed E-state index contributed by atoms with van der Waals surface area (Å²) < 4.78 is 10.7. The first-order valence-electron chi connectivity index (χ1n) is 10.2. The smallest absolute Gasteiger partial charge is 0.309 e. The van der Waals surface area contributed by atoms with Gasteiger partial charge in [0.15, 0.2) is 6.10 Å². The molecule has 0 fully saturated rings. The Morgan fingerprint density at radius 1 is 1.10 bits per heavy atom. The molecule has 0 aliphatic carbocycles. The third kappa shape index (κ3) is 5.51. The van der Waals surface area contributed by atoms with Crippen LogP contribution < -0.4 is 10.1 Å². The molecular formula is C24H26N2O5. The lowest BCUT2D eigenvalue weighted by Gasteiger charge is -2.32. The lowest BCUT2D eigenvalue weighted by molar-refractivity contribution is -0.154. The number of fused-ring (bicyclic) bond motifs is 1. The van der Waals surface area contributed by atoms with E-state index in [0.717, 1.165) is 11.1 Å². The van der Waals surface area contributed by atoms with Gasteiger partial charge in [0.25, 0.3) is 5.91 Å². The van der Waals surface area contributed by atoms with Crippen LogP contribution in [0.15, 0.2) is 54.7 Å². The van der Waals surface area contributed by atoms with E-state index < -0.39 is 24.0 Å². The van der Waals surface area contributed by atoms with Gasteiger partial charge in [-0.2, -0.15) is 0 Å². The summed E-state index contributed by atoms with van der Waals surface area (Å²) in [5, 5.41) is 2.72. The highest BCUT2D eigenvalue weighted by molar-refractivity contribution is 5.95. The van der Waals surface area contributed by atoms with Gasteiger partial charge in [-0.05, 0) is 55.3 Å². The molecule has 0 spiro atoms. The summed E-state index contributed by atoms with van der Waals surface area (Å²) in [5.74, 6) is -0.470. The lowest BCUT2D eigenvalue weighted by atomic mass is 9.94. The molecule has 0 unspecified atom stereocenters. The Bertz CT molecular complexity index is 984. The quantitative estimate of drug-likeness (QED) is 0.684. The van der Waals surface area contributed by atoms with Crippen molar-refractivity contribution in [3.8, 4) is 5.75 Å². The number of anilines is 1. The van der Waals surface area contributed by atoms with Gasteiger partial charge >= 0.3 is 5.97 Å². The summed E-state index contributed by atoms with van der Waals surface area (Å²) in [7, 11) is 0. The van der Waals surface area contributed by atoms with E-state index in [2.05, 4.69) is 5.32 Å². The largest absolute Gasteiger partial charge is 0.494 e. The Kier molecular flexibility index (Phi) is 7.07. The molecule has 0 saturated heterocycles. The minimum Gasteiger partial charge on any atom is -0.494 e. The van der Waals surface area contributed by atoms with Gasteiger partial charge in [-0.15, -0.1) is 0 Å². The molecule has 1 heterocycles. The van der Waals surface area contributed by atoms with Crippen LogP contribution in [0.25, 0.3) is 6.08 Å². The Hall–Kier alpha value is -3.61. The predicted octanol–water partition coefficient (Wildman–Crippen LogP) is 3.92. The second-order valence-corrected chi connectivity index (χ2v) is 7.17. The van der Waals surface area contributed by atoms with Gasteiger partial charge in [0.1, 0.15) is 5.75 Å². The minimum atomic E-state index is -0.987. The van der Waals surface area contributed by atoms with Crippen molar-refractivity contribution < 1.29 is 23.9 Å². The van der Waals surface area contributed by atoms with E-state index in [-0.39, 0.29) is 12.3 Å². The van der Waals surface area contributed by atoms with Gasteiger partial charge in [0.05, 0.1) is 19.1 Å². The SMILES string of the molecule is CCOc1ccc(NC(=O)[C@@H](C)OC(=O)C[C@H]2c3ccccc3C=CN2C(C)=O)cc1. The average Bonchev–Trinajstić information content (AvgIpc) is 2.75. The summed E-state index contributed by atoms with van der Waals surface area (Å²) in [6.45, 7) is 5.41. The van der Waals surface area contributed by atoms with Crippen molar-refractivity contribution in [2.75, 3.05) is 11.9 Å². The molecule has 0 radical (unpaired) electrons. The van der Waals surface area contributed by atoms with Crippen LogP contribution in [0, 0.1) is 0 Å². The second-order valence-electron chi connectivity index (χ2n) is 7.17. The Morgan fingerprint density at radius 3 is 2.48 bits per heavy atom. The molecule has 0 saturated carbocycles. The second kappa shape index (κ2) is 9.93. The first-order valence-corrected chi connectivity index (χ1v) is 10.2. The van der Waals surface area contributed by atoms with Gasteiger partial charge in [0, 0.05) is 18.8 Å². The number of carbonyl (C=O) groups excluding carboxylic acids is 3. The topological polar surface area (TPSA) is 84.9 Å². The first-order chi connectivity index (χ1) is 14.9. The fourth-order valence-electron chi connectivity index (χ4n) is 3.41.